The molecule has 0 bridgehead atoms. The van der Waals surface area contributed by atoms with Crippen LogP contribution in [0.5, 0.6) is 0 Å². The monoisotopic (exact) mass is 398 g/mol. The van der Waals surface area contributed by atoms with E-state index in [9.17, 15) is 14.7 Å². The third-order valence-electron chi connectivity index (χ3n) is 6.58. The van der Waals surface area contributed by atoms with Gasteiger partial charge in [0.25, 0.3) is 5.79 Å². The van der Waals surface area contributed by atoms with Crippen LogP contribution in [0.15, 0.2) is 0 Å². The fraction of sp³-hybridized carbons (Fsp3) is 0.913. The Hall–Kier alpha value is -0.940. The van der Waals surface area contributed by atoms with E-state index in [0.717, 1.165) is 38.5 Å². The minimum absolute atomic E-state index is 0.0771. The Labute approximate surface area is 171 Å². The first-order chi connectivity index (χ1) is 13.1. The number of hydrogen-bond donors (Lipinski definition) is 2. The molecule has 1 rings (SSSR count). The lowest BCUT2D eigenvalue weighted by molar-refractivity contribution is -0.216. The first kappa shape index (κ1) is 25.1. The number of carbonyl (C=O) groups is 2. The molecular weight excluding hydrogens is 356 g/mol. The molecule has 164 valence electrons. The van der Waals surface area contributed by atoms with Crippen molar-refractivity contribution in [2.75, 3.05) is 7.11 Å². The van der Waals surface area contributed by atoms with Crippen molar-refractivity contribution in [1.29, 1.82) is 0 Å². The molecule has 1 fully saturated rings. The van der Waals surface area contributed by atoms with E-state index < -0.39 is 11.8 Å². The van der Waals surface area contributed by atoms with Crippen LogP contribution in [-0.2, 0) is 14.3 Å². The van der Waals surface area contributed by atoms with Crippen molar-refractivity contribution in [3.8, 4) is 0 Å². The molecule has 1 saturated carbocycles. The SMILES string of the molecule is CCCCC(C)(C)CCC[C@H]1CCC(=O)[C@@H]1CCCCCC(O)(OC)C(=O)O. The van der Waals surface area contributed by atoms with Gasteiger partial charge in [-0.25, -0.2) is 4.79 Å². The Morgan fingerprint density at radius 2 is 1.75 bits per heavy atom. The van der Waals surface area contributed by atoms with Crippen LogP contribution < -0.4 is 0 Å². The number of carboxylic acids is 1. The summed E-state index contributed by atoms with van der Waals surface area (Å²) in [5.41, 5.74) is 0.399. The molecule has 0 aromatic heterocycles. The molecule has 28 heavy (non-hydrogen) atoms. The van der Waals surface area contributed by atoms with E-state index in [1.165, 1.54) is 39.2 Å². The van der Waals surface area contributed by atoms with Crippen molar-refractivity contribution < 1.29 is 24.5 Å². The van der Waals surface area contributed by atoms with Crippen LogP contribution in [0.2, 0.25) is 0 Å². The van der Waals surface area contributed by atoms with Crippen LogP contribution >= 0.6 is 0 Å². The van der Waals surface area contributed by atoms with E-state index in [0.29, 0.717) is 23.5 Å². The van der Waals surface area contributed by atoms with Crippen LogP contribution in [0.1, 0.15) is 104 Å². The molecule has 2 N–H and O–H groups in total. The molecule has 0 heterocycles. The lowest BCUT2D eigenvalue weighted by Gasteiger charge is -2.26. The van der Waals surface area contributed by atoms with Gasteiger partial charge in [0, 0.05) is 25.9 Å². The second kappa shape index (κ2) is 11.9. The van der Waals surface area contributed by atoms with Crippen molar-refractivity contribution in [2.45, 2.75) is 110 Å². The molecule has 1 unspecified atom stereocenters. The standard InChI is InChI=1S/C23H42O5/c1-5-6-15-22(2,3)16-10-11-18-13-14-20(24)19(18)12-8-7-9-17-23(27,28-4)21(25)26/h18-19,27H,5-17H2,1-4H3,(H,25,26)/t18-,19+,23?/m0/s1. The molecule has 5 nitrogen and oxygen atoms in total. The number of aliphatic carboxylic acids is 1. The number of hydrogen-bond acceptors (Lipinski definition) is 4. The zero-order valence-corrected chi connectivity index (χ0v) is 18.5. The van der Waals surface area contributed by atoms with E-state index in [2.05, 4.69) is 20.8 Å². The van der Waals surface area contributed by atoms with Crippen LogP contribution in [0.3, 0.4) is 0 Å². The van der Waals surface area contributed by atoms with Crippen molar-refractivity contribution in [3.63, 3.8) is 0 Å². The molecular formula is C23H42O5. The third kappa shape index (κ3) is 8.20. The number of carbonyl (C=O) groups excluding carboxylic acids is 1. The molecule has 0 amide bonds. The van der Waals surface area contributed by atoms with Crippen molar-refractivity contribution in [1.82, 2.24) is 0 Å². The van der Waals surface area contributed by atoms with Crippen molar-refractivity contribution in [2.24, 2.45) is 17.3 Å². The van der Waals surface area contributed by atoms with Gasteiger partial charge in [-0.2, -0.15) is 0 Å². The second-order valence-corrected chi connectivity index (χ2v) is 9.42. The van der Waals surface area contributed by atoms with E-state index in [-0.39, 0.29) is 12.3 Å². The highest BCUT2D eigenvalue weighted by Crippen LogP contribution is 2.38. The Morgan fingerprint density at radius 3 is 2.36 bits per heavy atom. The number of methoxy groups -OCH3 is 1. The number of Topliss-reactive ketones (excluding diaryl/α,β-unsaturated/α-hetero) is 1. The molecule has 0 spiro atoms. The fourth-order valence-electron chi connectivity index (χ4n) is 4.54. The van der Waals surface area contributed by atoms with Gasteiger partial charge in [0.05, 0.1) is 0 Å². The van der Waals surface area contributed by atoms with Gasteiger partial charge in [-0.05, 0) is 49.9 Å². The lowest BCUT2D eigenvalue weighted by atomic mass is 9.79. The molecule has 0 saturated heterocycles. The van der Waals surface area contributed by atoms with Gasteiger partial charge < -0.3 is 14.9 Å². The Morgan fingerprint density at radius 1 is 1.07 bits per heavy atom. The molecule has 1 aliphatic carbocycles. The summed E-state index contributed by atoms with van der Waals surface area (Å²) < 4.78 is 4.71. The van der Waals surface area contributed by atoms with Crippen LogP contribution in [0.4, 0.5) is 0 Å². The van der Waals surface area contributed by atoms with E-state index >= 15 is 0 Å². The van der Waals surface area contributed by atoms with Crippen molar-refractivity contribution in [3.05, 3.63) is 0 Å². The topological polar surface area (TPSA) is 83.8 Å². The average molecular weight is 399 g/mol. The largest absolute Gasteiger partial charge is 0.477 e. The predicted molar refractivity (Wildman–Crippen MR) is 111 cm³/mol. The molecule has 3 atom stereocenters. The van der Waals surface area contributed by atoms with Gasteiger partial charge in [0.2, 0.25) is 0 Å². The molecule has 1 aliphatic rings. The maximum Gasteiger partial charge on any atom is 0.364 e. The lowest BCUT2D eigenvalue weighted by Crippen LogP contribution is -2.40. The molecule has 5 heteroatoms. The summed E-state index contributed by atoms with van der Waals surface area (Å²) in [6.07, 6.45) is 12.4. The normalized spacial score (nSPS) is 22.4. The smallest absolute Gasteiger partial charge is 0.364 e. The molecule has 0 aliphatic heterocycles. The van der Waals surface area contributed by atoms with Crippen LogP contribution in [-0.4, -0.2) is 34.9 Å². The summed E-state index contributed by atoms with van der Waals surface area (Å²) in [7, 11) is 1.21. The maximum atomic E-state index is 12.3. The van der Waals surface area contributed by atoms with Crippen LogP contribution in [0, 0.1) is 17.3 Å². The van der Waals surface area contributed by atoms with Gasteiger partial charge >= 0.3 is 5.97 Å². The highest BCUT2D eigenvalue weighted by molar-refractivity contribution is 5.83. The van der Waals surface area contributed by atoms with E-state index in [4.69, 9.17) is 9.84 Å². The highest BCUT2D eigenvalue weighted by atomic mass is 16.6. The van der Waals surface area contributed by atoms with Gasteiger partial charge in [0.1, 0.15) is 5.78 Å². The predicted octanol–water partition coefficient (Wildman–Crippen LogP) is 5.34. The molecule has 0 aromatic carbocycles. The summed E-state index contributed by atoms with van der Waals surface area (Å²) in [4.78, 5) is 23.3. The number of ketones is 1. The first-order valence-electron chi connectivity index (χ1n) is 11.2. The van der Waals surface area contributed by atoms with Gasteiger partial charge in [-0.1, -0.05) is 52.9 Å². The van der Waals surface area contributed by atoms with Crippen LogP contribution in [0.25, 0.3) is 0 Å². The Balaban J connectivity index is 2.33. The highest BCUT2D eigenvalue weighted by Gasteiger charge is 2.36. The fourth-order valence-corrected chi connectivity index (χ4v) is 4.54. The number of aliphatic hydroxyl groups is 1. The number of unbranched alkanes of at least 4 members (excludes halogenated alkanes) is 3. The quantitative estimate of drug-likeness (QED) is 0.287. The molecule has 0 aromatic rings. The minimum atomic E-state index is -2.09. The number of ether oxygens (including phenoxy) is 1. The zero-order valence-electron chi connectivity index (χ0n) is 18.5. The maximum absolute atomic E-state index is 12.3. The average Bonchev–Trinajstić information content (AvgIpc) is 2.99. The third-order valence-corrected chi connectivity index (χ3v) is 6.58. The number of rotatable bonds is 15. The van der Waals surface area contributed by atoms with Gasteiger partial charge in [-0.15, -0.1) is 0 Å². The summed E-state index contributed by atoms with van der Waals surface area (Å²) in [6.45, 7) is 6.96. The summed E-state index contributed by atoms with van der Waals surface area (Å²) >= 11 is 0. The first-order valence-corrected chi connectivity index (χ1v) is 11.2. The summed E-state index contributed by atoms with van der Waals surface area (Å²) in [5.74, 6) is -2.32. The summed E-state index contributed by atoms with van der Waals surface area (Å²) in [6, 6.07) is 0. The van der Waals surface area contributed by atoms with Crippen molar-refractivity contribution >= 4 is 11.8 Å². The molecule has 0 radical (unpaired) electrons. The Bertz CT molecular complexity index is 487. The summed E-state index contributed by atoms with van der Waals surface area (Å²) in [5, 5.41) is 18.8. The zero-order chi connectivity index (χ0) is 21.2. The second-order valence-electron chi connectivity index (χ2n) is 9.42. The van der Waals surface area contributed by atoms with E-state index in [1.807, 2.05) is 0 Å². The van der Waals surface area contributed by atoms with E-state index in [1.54, 1.807) is 0 Å². The number of carboxylic acid groups (broad SMARTS) is 1. The minimum Gasteiger partial charge on any atom is -0.477 e. The van der Waals surface area contributed by atoms with Gasteiger partial charge in [0.15, 0.2) is 0 Å². The van der Waals surface area contributed by atoms with Gasteiger partial charge in [-0.3, -0.25) is 4.79 Å². The Kier molecular flexibility index (Phi) is 10.7.